The Morgan fingerprint density at radius 3 is 2.69 bits per heavy atom. The van der Waals surface area contributed by atoms with E-state index in [1.165, 1.54) is 0 Å². The molecule has 0 saturated heterocycles. The lowest BCUT2D eigenvalue weighted by molar-refractivity contribution is -0.122. The minimum atomic E-state index is -0.0847. The molecule has 1 atom stereocenters. The molecular weight excluding hydrogens is 390 g/mol. The van der Waals surface area contributed by atoms with Crippen LogP contribution in [0, 0.1) is 0 Å². The molecule has 1 aromatic heterocycles. The number of aromatic nitrogens is 2. The fourth-order valence-electron chi connectivity index (χ4n) is 3.09. The van der Waals surface area contributed by atoms with Crippen LogP contribution in [0.3, 0.4) is 0 Å². The number of hydrogen-bond acceptors (Lipinski definition) is 5. The highest BCUT2D eigenvalue weighted by atomic mass is 35.5. The highest BCUT2D eigenvalue weighted by molar-refractivity contribution is 6.30. The van der Waals surface area contributed by atoms with Crippen LogP contribution in [0.25, 0.3) is 11.4 Å². The van der Waals surface area contributed by atoms with E-state index in [1.807, 2.05) is 43.3 Å². The van der Waals surface area contributed by atoms with Crippen LogP contribution >= 0.6 is 11.6 Å². The molecular formula is C22H24ClN3O3. The van der Waals surface area contributed by atoms with E-state index < -0.39 is 0 Å². The van der Waals surface area contributed by atoms with Crippen molar-refractivity contribution in [2.45, 2.75) is 38.6 Å². The second kappa shape index (κ2) is 10.1. The summed E-state index contributed by atoms with van der Waals surface area (Å²) in [5, 5.41) is 7.73. The van der Waals surface area contributed by atoms with Crippen LogP contribution in [0.15, 0.2) is 53.1 Å². The number of halogens is 1. The predicted octanol–water partition coefficient (Wildman–Crippen LogP) is 4.99. The summed E-state index contributed by atoms with van der Waals surface area (Å²) < 4.78 is 10.7. The number of nitrogens with zero attached hydrogens (tertiary/aromatic N) is 2. The Morgan fingerprint density at radius 1 is 1.21 bits per heavy atom. The SMILES string of the molecule is CCC(NC(=O)CCCc1nc(-c2ccc(Cl)cc2)no1)c1ccccc1OC. The number of carbonyl (C=O) groups is 1. The molecule has 2 aromatic carbocycles. The van der Waals surface area contributed by atoms with Gasteiger partial charge in [-0.25, -0.2) is 0 Å². The van der Waals surface area contributed by atoms with Crippen molar-refractivity contribution in [2.75, 3.05) is 7.11 Å². The van der Waals surface area contributed by atoms with Gasteiger partial charge in [0.1, 0.15) is 5.75 Å². The lowest BCUT2D eigenvalue weighted by Crippen LogP contribution is -2.28. The lowest BCUT2D eigenvalue weighted by Gasteiger charge is -2.19. The lowest BCUT2D eigenvalue weighted by atomic mass is 10.0. The van der Waals surface area contributed by atoms with E-state index in [9.17, 15) is 4.79 Å². The highest BCUT2D eigenvalue weighted by Crippen LogP contribution is 2.27. The van der Waals surface area contributed by atoms with Crippen LogP contribution in [0.4, 0.5) is 0 Å². The standard InChI is InChI=1S/C22H24ClN3O3/c1-3-18(17-7-4-5-8-19(17)28-2)24-20(27)9-6-10-21-25-22(26-29-21)15-11-13-16(23)14-12-15/h4-5,7-8,11-14,18H,3,6,9-10H2,1-2H3,(H,24,27). The first-order valence-electron chi connectivity index (χ1n) is 9.61. The van der Waals surface area contributed by atoms with Gasteiger partial charge in [0.15, 0.2) is 0 Å². The van der Waals surface area contributed by atoms with Crippen molar-refractivity contribution in [3.63, 3.8) is 0 Å². The number of ether oxygens (including phenoxy) is 1. The molecule has 152 valence electrons. The fraction of sp³-hybridized carbons (Fsp3) is 0.318. The molecule has 0 spiro atoms. The number of para-hydroxylation sites is 1. The van der Waals surface area contributed by atoms with Crippen molar-refractivity contribution in [2.24, 2.45) is 0 Å². The maximum Gasteiger partial charge on any atom is 0.226 e. The second-order valence-electron chi connectivity index (χ2n) is 6.64. The van der Waals surface area contributed by atoms with Crippen LogP contribution in [-0.4, -0.2) is 23.2 Å². The van der Waals surface area contributed by atoms with Crippen molar-refractivity contribution in [1.29, 1.82) is 0 Å². The van der Waals surface area contributed by atoms with Crippen molar-refractivity contribution in [3.8, 4) is 17.1 Å². The topological polar surface area (TPSA) is 77.3 Å². The van der Waals surface area contributed by atoms with E-state index >= 15 is 0 Å². The molecule has 29 heavy (non-hydrogen) atoms. The number of carbonyl (C=O) groups excluding carboxylic acids is 1. The van der Waals surface area contributed by atoms with E-state index in [4.69, 9.17) is 20.9 Å². The normalized spacial score (nSPS) is 11.8. The van der Waals surface area contributed by atoms with E-state index in [-0.39, 0.29) is 11.9 Å². The van der Waals surface area contributed by atoms with Crippen molar-refractivity contribution < 1.29 is 14.1 Å². The number of aryl methyl sites for hydroxylation is 1. The van der Waals surface area contributed by atoms with Gasteiger partial charge in [0.2, 0.25) is 17.6 Å². The quantitative estimate of drug-likeness (QED) is 0.534. The molecule has 6 nitrogen and oxygen atoms in total. The molecule has 0 aliphatic rings. The molecule has 0 aliphatic carbocycles. The van der Waals surface area contributed by atoms with E-state index in [0.29, 0.717) is 36.0 Å². The first-order valence-corrected chi connectivity index (χ1v) is 9.99. The Hall–Kier alpha value is -2.86. The molecule has 1 unspecified atom stereocenters. The summed E-state index contributed by atoms with van der Waals surface area (Å²) in [5.41, 5.74) is 1.82. The molecule has 0 aliphatic heterocycles. The summed E-state index contributed by atoms with van der Waals surface area (Å²) in [6.07, 6.45) is 2.32. The molecule has 0 saturated carbocycles. The zero-order valence-electron chi connectivity index (χ0n) is 16.5. The molecule has 0 radical (unpaired) electrons. The van der Waals surface area contributed by atoms with Gasteiger partial charge in [-0.2, -0.15) is 4.98 Å². The zero-order valence-corrected chi connectivity index (χ0v) is 17.3. The number of methoxy groups -OCH3 is 1. The summed E-state index contributed by atoms with van der Waals surface area (Å²) in [7, 11) is 1.63. The highest BCUT2D eigenvalue weighted by Gasteiger charge is 2.17. The van der Waals surface area contributed by atoms with Gasteiger partial charge in [-0.15, -0.1) is 0 Å². The fourth-order valence-corrected chi connectivity index (χ4v) is 3.22. The number of rotatable bonds is 9. The minimum Gasteiger partial charge on any atom is -0.496 e. The minimum absolute atomic E-state index is 0.0137. The summed E-state index contributed by atoms with van der Waals surface area (Å²) >= 11 is 5.90. The van der Waals surface area contributed by atoms with Crippen molar-refractivity contribution >= 4 is 17.5 Å². The summed E-state index contributed by atoms with van der Waals surface area (Å²) in [5.74, 6) is 1.79. The van der Waals surface area contributed by atoms with Crippen molar-refractivity contribution in [1.82, 2.24) is 15.5 Å². The Balaban J connectivity index is 1.51. The molecule has 1 heterocycles. The molecule has 7 heteroatoms. The Kier molecular flexibility index (Phi) is 7.25. The van der Waals surface area contributed by atoms with Crippen molar-refractivity contribution in [3.05, 3.63) is 65.0 Å². The zero-order chi connectivity index (χ0) is 20.6. The molecule has 0 fully saturated rings. The van der Waals surface area contributed by atoms with Gasteiger partial charge in [0.25, 0.3) is 0 Å². The van der Waals surface area contributed by atoms with Crippen LogP contribution in [0.5, 0.6) is 5.75 Å². The third kappa shape index (κ3) is 5.57. The van der Waals surface area contributed by atoms with Crippen LogP contribution < -0.4 is 10.1 Å². The molecule has 3 aromatic rings. The van der Waals surface area contributed by atoms with Gasteiger partial charge in [0.05, 0.1) is 13.2 Å². The molecule has 0 bridgehead atoms. The largest absolute Gasteiger partial charge is 0.496 e. The maximum atomic E-state index is 12.4. The van der Waals surface area contributed by atoms with E-state index in [1.54, 1.807) is 19.2 Å². The smallest absolute Gasteiger partial charge is 0.226 e. The Bertz CT molecular complexity index is 940. The average molecular weight is 414 g/mol. The molecule has 3 rings (SSSR count). The summed E-state index contributed by atoms with van der Waals surface area (Å²) in [6, 6.07) is 14.9. The number of nitrogens with one attached hydrogen (secondary N) is 1. The van der Waals surface area contributed by atoms with Gasteiger partial charge in [-0.05, 0) is 43.2 Å². The maximum absolute atomic E-state index is 12.4. The molecule has 1 N–H and O–H groups in total. The third-order valence-corrected chi connectivity index (χ3v) is 4.87. The van der Waals surface area contributed by atoms with Gasteiger partial charge in [0, 0.05) is 29.0 Å². The van der Waals surface area contributed by atoms with Gasteiger partial charge in [-0.3, -0.25) is 4.79 Å². The van der Waals surface area contributed by atoms with Crippen LogP contribution in [0.2, 0.25) is 5.02 Å². The Morgan fingerprint density at radius 2 is 1.97 bits per heavy atom. The third-order valence-electron chi connectivity index (χ3n) is 4.62. The van der Waals surface area contributed by atoms with Crippen LogP contribution in [0.1, 0.15) is 43.7 Å². The van der Waals surface area contributed by atoms with E-state index in [2.05, 4.69) is 15.5 Å². The first-order chi connectivity index (χ1) is 14.1. The van der Waals surface area contributed by atoms with Crippen LogP contribution in [-0.2, 0) is 11.2 Å². The van der Waals surface area contributed by atoms with Gasteiger partial charge < -0.3 is 14.6 Å². The Labute approximate surface area is 175 Å². The van der Waals surface area contributed by atoms with E-state index in [0.717, 1.165) is 23.3 Å². The van der Waals surface area contributed by atoms with Gasteiger partial charge >= 0.3 is 0 Å². The number of amides is 1. The number of hydrogen-bond donors (Lipinski definition) is 1. The molecule has 1 amide bonds. The number of benzene rings is 2. The van der Waals surface area contributed by atoms with Gasteiger partial charge in [-0.1, -0.05) is 41.9 Å². The average Bonchev–Trinajstić information content (AvgIpc) is 3.21. The summed E-state index contributed by atoms with van der Waals surface area (Å²) in [4.78, 5) is 16.8. The first kappa shape index (κ1) is 20.9. The predicted molar refractivity (Wildman–Crippen MR) is 112 cm³/mol. The second-order valence-corrected chi connectivity index (χ2v) is 7.08. The monoisotopic (exact) mass is 413 g/mol. The summed E-state index contributed by atoms with van der Waals surface area (Å²) in [6.45, 7) is 2.04.